The van der Waals surface area contributed by atoms with Crippen LogP contribution in [0.4, 0.5) is 0 Å². The second-order valence-corrected chi connectivity index (χ2v) is 6.33. The zero-order valence-corrected chi connectivity index (χ0v) is 12.0. The minimum atomic E-state index is -0.647. The molecule has 4 N–H and O–H groups in total. The van der Waals surface area contributed by atoms with Crippen LogP contribution in [0.1, 0.15) is 38.9 Å². The van der Waals surface area contributed by atoms with Crippen LogP contribution in [0, 0.1) is 5.41 Å². The van der Waals surface area contributed by atoms with Gasteiger partial charge in [-0.3, -0.25) is 4.79 Å². The fourth-order valence-corrected chi connectivity index (χ4v) is 2.08. The molecule has 1 aromatic rings. The predicted octanol–water partition coefficient (Wildman–Crippen LogP) is 1.66. The maximum absolute atomic E-state index is 11.7. The molecule has 2 atom stereocenters. The largest absolute Gasteiger partial charge is 0.387 e. The molecular weight excluding hydrogens is 248 g/mol. The third-order valence-electron chi connectivity index (χ3n) is 2.94. The number of rotatable bonds is 5. The molecule has 102 valence electrons. The van der Waals surface area contributed by atoms with Gasteiger partial charge in [-0.05, 0) is 27.8 Å². The zero-order chi connectivity index (χ0) is 13.8. The Bertz CT molecular complexity index is 371. The Morgan fingerprint density at radius 2 is 2.22 bits per heavy atom. The minimum absolute atomic E-state index is 0.0939. The maximum Gasteiger partial charge on any atom is 0.221 e. The van der Waals surface area contributed by atoms with E-state index in [1.165, 1.54) is 11.3 Å². The topological polar surface area (TPSA) is 75.4 Å². The van der Waals surface area contributed by atoms with E-state index in [1.807, 2.05) is 37.6 Å². The van der Waals surface area contributed by atoms with Gasteiger partial charge in [-0.25, -0.2) is 0 Å². The Labute approximate surface area is 112 Å². The van der Waals surface area contributed by atoms with E-state index in [-0.39, 0.29) is 30.3 Å². The third kappa shape index (κ3) is 4.76. The van der Waals surface area contributed by atoms with E-state index >= 15 is 0 Å². The molecule has 0 aliphatic rings. The number of aliphatic hydroxyl groups excluding tert-OH is 1. The Hall–Kier alpha value is -0.910. The zero-order valence-electron chi connectivity index (χ0n) is 11.1. The van der Waals surface area contributed by atoms with Crippen LogP contribution in [0.5, 0.6) is 0 Å². The Morgan fingerprint density at radius 1 is 1.56 bits per heavy atom. The molecule has 0 fully saturated rings. The van der Waals surface area contributed by atoms with Crippen molar-refractivity contribution >= 4 is 17.2 Å². The highest BCUT2D eigenvalue weighted by Crippen LogP contribution is 2.19. The van der Waals surface area contributed by atoms with Crippen molar-refractivity contribution in [2.75, 3.05) is 6.54 Å². The lowest BCUT2D eigenvalue weighted by atomic mass is 9.85. The van der Waals surface area contributed by atoms with E-state index in [2.05, 4.69) is 5.32 Å². The third-order valence-corrected chi connectivity index (χ3v) is 3.64. The summed E-state index contributed by atoms with van der Waals surface area (Å²) in [5, 5.41) is 16.3. The second-order valence-electron chi connectivity index (χ2n) is 5.55. The summed E-state index contributed by atoms with van der Waals surface area (Å²) < 4.78 is 0. The molecule has 0 saturated heterocycles. The molecule has 0 saturated carbocycles. The van der Waals surface area contributed by atoms with Crippen LogP contribution in [0.15, 0.2) is 16.8 Å². The van der Waals surface area contributed by atoms with Gasteiger partial charge in [-0.1, -0.05) is 20.8 Å². The highest BCUT2D eigenvalue weighted by molar-refractivity contribution is 7.07. The van der Waals surface area contributed by atoms with Gasteiger partial charge in [0, 0.05) is 19.0 Å². The van der Waals surface area contributed by atoms with Crippen molar-refractivity contribution in [3.8, 4) is 0 Å². The van der Waals surface area contributed by atoms with E-state index in [9.17, 15) is 9.90 Å². The van der Waals surface area contributed by atoms with Gasteiger partial charge >= 0.3 is 0 Å². The number of thiophene rings is 1. The average molecular weight is 270 g/mol. The maximum atomic E-state index is 11.7. The average Bonchev–Trinajstić information content (AvgIpc) is 2.77. The summed E-state index contributed by atoms with van der Waals surface area (Å²) in [4.78, 5) is 11.7. The number of nitrogens with two attached hydrogens (primary N) is 1. The van der Waals surface area contributed by atoms with Crippen molar-refractivity contribution in [1.82, 2.24) is 5.32 Å². The molecule has 0 radical (unpaired) electrons. The predicted molar refractivity (Wildman–Crippen MR) is 74.3 cm³/mol. The van der Waals surface area contributed by atoms with Crippen molar-refractivity contribution in [2.45, 2.75) is 39.3 Å². The van der Waals surface area contributed by atoms with Crippen LogP contribution in [-0.2, 0) is 4.79 Å². The fourth-order valence-electron chi connectivity index (χ4n) is 1.37. The van der Waals surface area contributed by atoms with Crippen LogP contribution >= 0.6 is 11.3 Å². The molecule has 1 amide bonds. The number of nitrogens with one attached hydrogen (secondary N) is 1. The van der Waals surface area contributed by atoms with Gasteiger partial charge < -0.3 is 16.2 Å². The van der Waals surface area contributed by atoms with Gasteiger partial charge in [0.05, 0.1) is 6.10 Å². The number of hydrogen-bond donors (Lipinski definition) is 3. The van der Waals surface area contributed by atoms with Gasteiger partial charge in [0.25, 0.3) is 0 Å². The van der Waals surface area contributed by atoms with Crippen molar-refractivity contribution in [3.05, 3.63) is 22.4 Å². The van der Waals surface area contributed by atoms with E-state index in [0.717, 1.165) is 5.56 Å². The molecule has 0 aliphatic carbocycles. The summed E-state index contributed by atoms with van der Waals surface area (Å²) in [6.45, 7) is 6.24. The molecule has 1 rings (SSSR count). The summed E-state index contributed by atoms with van der Waals surface area (Å²) in [7, 11) is 0. The lowest BCUT2D eigenvalue weighted by Crippen LogP contribution is -2.40. The molecule has 2 unspecified atom stereocenters. The molecule has 4 nitrogen and oxygen atoms in total. The van der Waals surface area contributed by atoms with Crippen LogP contribution in [0.25, 0.3) is 0 Å². The number of hydrogen-bond acceptors (Lipinski definition) is 4. The van der Waals surface area contributed by atoms with Crippen LogP contribution in [0.3, 0.4) is 0 Å². The first-order valence-electron chi connectivity index (χ1n) is 6.03. The monoisotopic (exact) mass is 270 g/mol. The van der Waals surface area contributed by atoms with Crippen molar-refractivity contribution in [3.63, 3.8) is 0 Å². The standard InChI is InChI=1S/C13H22N2O2S/c1-13(2,3)11(14)6-12(17)15-7-10(16)9-4-5-18-8-9/h4-5,8,10-11,16H,6-7,14H2,1-3H3,(H,15,17). The Balaban J connectivity index is 2.34. The highest BCUT2D eigenvalue weighted by Gasteiger charge is 2.23. The highest BCUT2D eigenvalue weighted by atomic mass is 32.1. The van der Waals surface area contributed by atoms with Crippen molar-refractivity contribution < 1.29 is 9.90 Å². The first-order valence-corrected chi connectivity index (χ1v) is 6.97. The van der Waals surface area contributed by atoms with E-state index in [0.29, 0.717) is 0 Å². The fraction of sp³-hybridized carbons (Fsp3) is 0.615. The molecule has 5 heteroatoms. The van der Waals surface area contributed by atoms with Gasteiger partial charge in [0.1, 0.15) is 0 Å². The normalized spacial score (nSPS) is 15.2. The van der Waals surface area contributed by atoms with Gasteiger partial charge in [0.15, 0.2) is 0 Å². The Morgan fingerprint density at radius 3 is 2.72 bits per heavy atom. The molecule has 0 bridgehead atoms. The quantitative estimate of drug-likeness (QED) is 0.761. The number of aliphatic hydroxyl groups is 1. The number of amides is 1. The second kappa shape index (κ2) is 6.31. The number of carbonyl (C=O) groups is 1. The molecule has 0 spiro atoms. The van der Waals surface area contributed by atoms with Gasteiger partial charge in [0.2, 0.25) is 5.91 Å². The molecular formula is C13H22N2O2S. The van der Waals surface area contributed by atoms with E-state index in [4.69, 9.17) is 5.73 Å². The SMILES string of the molecule is CC(C)(C)C(N)CC(=O)NCC(O)c1ccsc1. The molecule has 0 aromatic carbocycles. The summed E-state index contributed by atoms with van der Waals surface area (Å²) in [5.74, 6) is -0.119. The molecule has 1 heterocycles. The summed E-state index contributed by atoms with van der Waals surface area (Å²) in [6.07, 6.45) is -0.370. The summed E-state index contributed by atoms with van der Waals surface area (Å²) in [5.41, 5.74) is 6.67. The number of carbonyl (C=O) groups excluding carboxylic acids is 1. The first kappa shape index (κ1) is 15.1. The van der Waals surface area contributed by atoms with Crippen LogP contribution in [-0.4, -0.2) is 23.6 Å². The molecule has 1 aromatic heterocycles. The van der Waals surface area contributed by atoms with E-state index < -0.39 is 6.10 Å². The van der Waals surface area contributed by atoms with Gasteiger partial charge in [-0.15, -0.1) is 0 Å². The van der Waals surface area contributed by atoms with Crippen LogP contribution < -0.4 is 11.1 Å². The molecule has 18 heavy (non-hydrogen) atoms. The summed E-state index contributed by atoms with van der Waals surface area (Å²) in [6, 6.07) is 1.67. The smallest absolute Gasteiger partial charge is 0.221 e. The first-order chi connectivity index (χ1) is 8.30. The lowest BCUT2D eigenvalue weighted by molar-refractivity contribution is -0.122. The Kier molecular flexibility index (Phi) is 5.31. The van der Waals surface area contributed by atoms with Crippen molar-refractivity contribution in [1.29, 1.82) is 0 Å². The lowest BCUT2D eigenvalue weighted by Gasteiger charge is -2.26. The molecule has 0 aliphatic heterocycles. The van der Waals surface area contributed by atoms with Gasteiger partial charge in [-0.2, -0.15) is 11.3 Å². The van der Waals surface area contributed by atoms with Crippen molar-refractivity contribution in [2.24, 2.45) is 11.1 Å². The van der Waals surface area contributed by atoms with Crippen LogP contribution in [0.2, 0.25) is 0 Å². The van der Waals surface area contributed by atoms with E-state index in [1.54, 1.807) is 0 Å². The summed E-state index contributed by atoms with van der Waals surface area (Å²) >= 11 is 1.52. The minimum Gasteiger partial charge on any atom is -0.387 e.